The molecule has 5 aliphatic carbocycles. The van der Waals surface area contributed by atoms with Gasteiger partial charge in [-0.2, -0.15) is 0 Å². The molecule has 5 nitrogen and oxygen atoms in total. The molecule has 38 heavy (non-hydrogen) atoms. The van der Waals surface area contributed by atoms with E-state index in [9.17, 15) is 9.59 Å². The van der Waals surface area contributed by atoms with Crippen molar-refractivity contribution in [3.05, 3.63) is 70.4 Å². The Labute approximate surface area is 230 Å². The molecule has 6 aliphatic rings. The van der Waals surface area contributed by atoms with E-state index in [1.165, 1.54) is 19.3 Å². The fraction of sp³-hybridized carbons (Fsp3) is 0.500. The first-order valence-corrected chi connectivity index (χ1v) is 14.6. The molecule has 1 heterocycles. The van der Waals surface area contributed by atoms with Crippen LogP contribution in [0.15, 0.2) is 59.8 Å². The number of carbonyl (C=O) groups is 2. The fourth-order valence-corrected chi connectivity index (χ4v) is 8.85. The standard InChI is InChI=1S/C32H36ClN3O2/c1-31(2)17-25-28(27(37)18-31)29(22-7-9-23(33)10-8-22)36(26-6-4-3-5-24(26)34-25)30(38)35-32-14-19-11-20(15-32)13-21(12-19)16-32/h3-10,19-21,29,34H,11-18H2,1-2H3,(H,35,38)/t19?,20?,21?,29-,32?/m0/s1. The summed E-state index contributed by atoms with van der Waals surface area (Å²) < 4.78 is 0. The van der Waals surface area contributed by atoms with Crippen molar-refractivity contribution in [2.24, 2.45) is 23.2 Å². The molecule has 4 saturated carbocycles. The minimum absolute atomic E-state index is 0.101. The van der Waals surface area contributed by atoms with Crippen molar-refractivity contribution in [2.75, 3.05) is 10.2 Å². The molecule has 1 aliphatic heterocycles. The van der Waals surface area contributed by atoms with E-state index >= 15 is 0 Å². The van der Waals surface area contributed by atoms with E-state index in [1.54, 1.807) is 0 Å². The lowest BCUT2D eigenvalue weighted by Crippen LogP contribution is -2.62. The van der Waals surface area contributed by atoms with Crippen LogP contribution in [-0.2, 0) is 4.79 Å². The summed E-state index contributed by atoms with van der Waals surface area (Å²) in [4.78, 5) is 30.3. The second-order valence-electron chi connectivity index (χ2n) is 13.4. The largest absolute Gasteiger partial charge is 0.357 e. The number of anilines is 2. The molecule has 4 fully saturated rings. The summed E-state index contributed by atoms with van der Waals surface area (Å²) in [6.07, 6.45) is 8.38. The van der Waals surface area contributed by atoms with Crippen molar-refractivity contribution < 1.29 is 9.59 Å². The number of ketones is 1. The maximum absolute atomic E-state index is 14.6. The van der Waals surface area contributed by atoms with Crippen LogP contribution in [0.1, 0.15) is 76.8 Å². The number of amides is 2. The second kappa shape index (κ2) is 8.61. The molecular weight excluding hydrogens is 494 g/mol. The summed E-state index contributed by atoms with van der Waals surface area (Å²) >= 11 is 6.29. The molecule has 4 bridgehead atoms. The Morgan fingerprint density at radius 1 is 0.947 bits per heavy atom. The molecule has 0 aromatic heterocycles. The number of nitrogens with one attached hydrogen (secondary N) is 2. The zero-order chi connectivity index (χ0) is 26.2. The van der Waals surface area contributed by atoms with Crippen LogP contribution in [0.2, 0.25) is 5.02 Å². The van der Waals surface area contributed by atoms with E-state index in [1.807, 2.05) is 53.4 Å². The molecule has 8 rings (SSSR count). The van der Waals surface area contributed by atoms with Crippen molar-refractivity contribution in [2.45, 2.75) is 76.8 Å². The number of Topliss-reactive ketones (excluding diaryl/α,β-unsaturated/α-hetero) is 1. The van der Waals surface area contributed by atoms with Gasteiger partial charge >= 0.3 is 6.03 Å². The first-order chi connectivity index (χ1) is 18.2. The van der Waals surface area contributed by atoms with Crippen LogP contribution in [0.3, 0.4) is 0 Å². The lowest BCUT2D eigenvalue weighted by Gasteiger charge is -2.57. The van der Waals surface area contributed by atoms with Crippen LogP contribution in [0, 0.1) is 23.2 Å². The number of nitrogens with zero attached hydrogens (tertiary/aromatic N) is 1. The van der Waals surface area contributed by atoms with Crippen molar-refractivity contribution in [3.63, 3.8) is 0 Å². The highest BCUT2D eigenvalue weighted by Gasteiger charge is 2.53. The van der Waals surface area contributed by atoms with Crippen molar-refractivity contribution >= 4 is 34.8 Å². The van der Waals surface area contributed by atoms with Gasteiger partial charge in [0.2, 0.25) is 0 Å². The predicted octanol–water partition coefficient (Wildman–Crippen LogP) is 7.63. The monoisotopic (exact) mass is 529 g/mol. The first-order valence-electron chi connectivity index (χ1n) is 14.2. The predicted molar refractivity (Wildman–Crippen MR) is 151 cm³/mol. The number of benzene rings is 2. The van der Waals surface area contributed by atoms with Gasteiger partial charge < -0.3 is 10.6 Å². The summed E-state index contributed by atoms with van der Waals surface area (Å²) in [7, 11) is 0. The van der Waals surface area contributed by atoms with Gasteiger partial charge in [0.05, 0.1) is 17.4 Å². The molecule has 1 atom stereocenters. The average molecular weight is 530 g/mol. The molecule has 0 saturated heterocycles. The van der Waals surface area contributed by atoms with Crippen molar-refractivity contribution in [1.82, 2.24) is 5.32 Å². The van der Waals surface area contributed by atoms with E-state index < -0.39 is 6.04 Å². The highest BCUT2D eigenvalue weighted by atomic mass is 35.5. The number of para-hydroxylation sites is 2. The average Bonchev–Trinajstić information content (AvgIpc) is 2.97. The van der Waals surface area contributed by atoms with Crippen LogP contribution in [0.25, 0.3) is 0 Å². The summed E-state index contributed by atoms with van der Waals surface area (Å²) in [5.41, 5.74) is 3.89. The first kappa shape index (κ1) is 24.3. The number of urea groups is 1. The lowest BCUT2D eigenvalue weighted by molar-refractivity contribution is -0.118. The van der Waals surface area contributed by atoms with Gasteiger partial charge in [0.15, 0.2) is 5.78 Å². The molecular formula is C32H36ClN3O2. The minimum atomic E-state index is -0.532. The topological polar surface area (TPSA) is 61.4 Å². The third-order valence-corrected chi connectivity index (χ3v) is 9.97. The third kappa shape index (κ3) is 4.05. The molecule has 2 amide bonds. The van der Waals surface area contributed by atoms with Gasteiger partial charge in [0, 0.05) is 28.3 Å². The SMILES string of the molecule is CC1(C)CC(=O)C2=C(C1)Nc1ccccc1N(C(=O)NC13CC4CC(CC(C4)C1)C3)[C@H]2c1ccc(Cl)cc1. The number of rotatable bonds is 2. The number of fused-ring (bicyclic) bond motifs is 1. The van der Waals surface area contributed by atoms with Crippen LogP contribution < -0.4 is 15.5 Å². The van der Waals surface area contributed by atoms with Crippen LogP contribution in [-0.4, -0.2) is 17.4 Å². The maximum Gasteiger partial charge on any atom is 0.323 e. The van der Waals surface area contributed by atoms with Crippen LogP contribution >= 0.6 is 11.6 Å². The number of carbonyl (C=O) groups excluding carboxylic acids is 2. The van der Waals surface area contributed by atoms with E-state index in [2.05, 4.69) is 24.5 Å². The zero-order valence-corrected chi connectivity index (χ0v) is 23.0. The lowest BCUT2D eigenvalue weighted by atomic mass is 9.53. The van der Waals surface area contributed by atoms with Gasteiger partial charge in [0.1, 0.15) is 0 Å². The second-order valence-corrected chi connectivity index (χ2v) is 13.9. The number of hydrogen-bond acceptors (Lipinski definition) is 3. The maximum atomic E-state index is 14.6. The Balaban J connectivity index is 1.36. The Hall–Kier alpha value is -2.79. The van der Waals surface area contributed by atoms with Crippen LogP contribution in [0.4, 0.5) is 16.2 Å². The summed E-state index contributed by atoms with van der Waals surface area (Å²) in [5, 5.41) is 7.85. The number of allylic oxidation sites excluding steroid dienone is 1. The molecule has 2 aromatic rings. The highest BCUT2D eigenvalue weighted by Crippen LogP contribution is 2.56. The molecule has 2 N–H and O–H groups in total. The Bertz CT molecular complexity index is 1310. The Morgan fingerprint density at radius 3 is 2.24 bits per heavy atom. The zero-order valence-electron chi connectivity index (χ0n) is 22.2. The quantitative estimate of drug-likeness (QED) is 0.420. The molecule has 0 radical (unpaired) electrons. The normalized spacial score (nSPS) is 32.8. The van der Waals surface area contributed by atoms with Gasteiger partial charge in [-0.3, -0.25) is 9.69 Å². The van der Waals surface area contributed by atoms with Gasteiger partial charge in [0.25, 0.3) is 0 Å². The smallest absolute Gasteiger partial charge is 0.323 e. The molecule has 2 aromatic carbocycles. The molecule has 6 heteroatoms. The third-order valence-electron chi connectivity index (χ3n) is 9.72. The number of halogens is 1. The van der Waals surface area contributed by atoms with Gasteiger partial charge in [-0.1, -0.05) is 49.7 Å². The van der Waals surface area contributed by atoms with E-state index in [0.29, 0.717) is 17.0 Å². The van der Waals surface area contributed by atoms with Crippen molar-refractivity contribution in [3.8, 4) is 0 Å². The summed E-state index contributed by atoms with van der Waals surface area (Å²) in [5.74, 6) is 2.28. The fourth-order valence-electron chi connectivity index (χ4n) is 8.72. The van der Waals surface area contributed by atoms with Crippen molar-refractivity contribution in [1.29, 1.82) is 0 Å². The molecule has 0 spiro atoms. The number of hydrogen-bond donors (Lipinski definition) is 2. The Kier molecular flexibility index (Phi) is 5.50. The van der Waals surface area contributed by atoms with E-state index in [4.69, 9.17) is 11.6 Å². The van der Waals surface area contributed by atoms with E-state index in [0.717, 1.165) is 66.1 Å². The molecule has 0 unspecified atom stereocenters. The van der Waals surface area contributed by atoms with Gasteiger partial charge in [-0.15, -0.1) is 0 Å². The van der Waals surface area contributed by atoms with Gasteiger partial charge in [-0.05, 0) is 97.9 Å². The molecule has 198 valence electrons. The summed E-state index contributed by atoms with van der Waals surface area (Å²) in [6, 6.07) is 15.0. The van der Waals surface area contributed by atoms with Crippen LogP contribution in [0.5, 0.6) is 0 Å². The highest BCUT2D eigenvalue weighted by molar-refractivity contribution is 6.30. The van der Waals surface area contributed by atoms with Gasteiger partial charge in [-0.25, -0.2) is 4.79 Å². The minimum Gasteiger partial charge on any atom is -0.357 e. The van der Waals surface area contributed by atoms with E-state index in [-0.39, 0.29) is 22.8 Å². The summed E-state index contributed by atoms with van der Waals surface area (Å²) in [6.45, 7) is 4.28. The Morgan fingerprint density at radius 2 is 1.58 bits per heavy atom.